The lowest BCUT2D eigenvalue weighted by molar-refractivity contribution is -0.136. The van der Waals surface area contributed by atoms with Crippen LogP contribution in [0, 0.1) is 0 Å². The molecule has 0 bridgehead atoms. The number of carbonyl (C=O) groups is 1. The molecule has 0 aliphatic rings. The van der Waals surface area contributed by atoms with E-state index in [1.807, 2.05) is 6.92 Å². The molecule has 13 heavy (non-hydrogen) atoms. The molecule has 0 spiro atoms. The molecule has 3 nitrogen and oxygen atoms in total. The predicted molar refractivity (Wildman–Crippen MR) is 51.5 cm³/mol. The lowest BCUT2D eigenvalue weighted by Crippen LogP contribution is -2.06. The maximum absolute atomic E-state index is 10.6. The van der Waals surface area contributed by atoms with E-state index in [1.165, 1.54) is 0 Å². The van der Waals surface area contributed by atoms with Crippen LogP contribution < -0.4 is 0 Å². The van der Waals surface area contributed by atoms with Crippen LogP contribution in [0.15, 0.2) is 11.8 Å². The van der Waals surface area contributed by atoms with Crippen molar-refractivity contribution in [3.8, 4) is 0 Å². The number of carboxylic acids is 1. The van der Waals surface area contributed by atoms with E-state index in [1.54, 1.807) is 6.08 Å². The Balaban J connectivity index is 3.71. The summed E-state index contributed by atoms with van der Waals surface area (Å²) in [6, 6.07) is 0. The Morgan fingerprint density at radius 2 is 2.08 bits per heavy atom. The molecule has 0 heterocycles. The Labute approximate surface area is 79.4 Å². The lowest BCUT2D eigenvalue weighted by atomic mass is 10.3. The Hall–Kier alpha value is -0.990. The number of hydrogen-bond donors (Lipinski definition) is 1. The van der Waals surface area contributed by atoms with Crippen molar-refractivity contribution in [1.29, 1.82) is 0 Å². The van der Waals surface area contributed by atoms with E-state index in [0.717, 1.165) is 19.3 Å². The van der Waals surface area contributed by atoms with Crippen molar-refractivity contribution in [2.45, 2.75) is 39.5 Å². The van der Waals surface area contributed by atoms with Gasteiger partial charge in [-0.3, -0.25) is 0 Å². The van der Waals surface area contributed by atoms with E-state index in [0.29, 0.717) is 13.0 Å². The van der Waals surface area contributed by atoms with Crippen molar-refractivity contribution in [1.82, 2.24) is 0 Å². The molecule has 0 fully saturated rings. The molecule has 0 unspecified atom stereocenters. The van der Waals surface area contributed by atoms with Gasteiger partial charge in [-0.25, -0.2) is 4.79 Å². The van der Waals surface area contributed by atoms with Crippen LogP contribution in [0.2, 0.25) is 0 Å². The van der Waals surface area contributed by atoms with Gasteiger partial charge in [0.2, 0.25) is 0 Å². The molecule has 0 aromatic rings. The average Bonchev–Trinajstić information content (AvgIpc) is 2.10. The SMILES string of the molecule is CCC=C(OCCCCC)C(=O)O. The molecule has 0 rings (SSSR count). The summed E-state index contributed by atoms with van der Waals surface area (Å²) in [7, 11) is 0. The maximum atomic E-state index is 10.6. The third kappa shape index (κ3) is 6.20. The summed E-state index contributed by atoms with van der Waals surface area (Å²) in [5.41, 5.74) is 0. The monoisotopic (exact) mass is 186 g/mol. The summed E-state index contributed by atoms with van der Waals surface area (Å²) >= 11 is 0. The standard InChI is InChI=1S/C10H18O3/c1-3-5-6-8-13-9(7-4-2)10(11)12/h7H,3-6,8H2,1-2H3,(H,11,12). The van der Waals surface area contributed by atoms with Crippen molar-refractivity contribution in [3.63, 3.8) is 0 Å². The molecule has 0 atom stereocenters. The van der Waals surface area contributed by atoms with Crippen LogP contribution in [-0.2, 0) is 9.53 Å². The van der Waals surface area contributed by atoms with Crippen molar-refractivity contribution in [2.75, 3.05) is 6.61 Å². The first-order valence-electron chi connectivity index (χ1n) is 4.78. The van der Waals surface area contributed by atoms with Gasteiger partial charge in [0.25, 0.3) is 0 Å². The molecule has 0 saturated heterocycles. The molecule has 0 aromatic carbocycles. The zero-order valence-electron chi connectivity index (χ0n) is 8.38. The van der Waals surface area contributed by atoms with Gasteiger partial charge in [-0.1, -0.05) is 26.7 Å². The fourth-order valence-electron chi connectivity index (χ4n) is 0.928. The number of carboxylic acid groups (broad SMARTS) is 1. The molecule has 0 saturated carbocycles. The molecule has 1 N–H and O–H groups in total. The summed E-state index contributed by atoms with van der Waals surface area (Å²) in [5, 5.41) is 8.67. The van der Waals surface area contributed by atoms with E-state index in [2.05, 4.69) is 6.92 Å². The average molecular weight is 186 g/mol. The van der Waals surface area contributed by atoms with E-state index < -0.39 is 5.97 Å². The van der Waals surface area contributed by atoms with E-state index >= 15 is 0 Å². The largest absolute Gasteiger partial charge is 0.487 e. The highest BCUT2D eigenvalue weighted by molar-refractivity contribution is 5.84. The van der Waals surface area contributed by atoms with Crippen LogP contribution in [0.25, 0.3) is 0 Å². The fraction of sp³-hybridized carbons (Fsp3) is 0.700. The number of unbranched alkanes of at least 4 members (excludes halogenated alkanes) is 2. The minimum absolute atomic E-state index is 0.0820. The first kappa shape index (κ1) is 12.0. The van der Waals surface area contributed by atoms with Gasteiger partial charge in [-0.05, 0) is 18.9 Å². The summed E-state index contributed by atoms with van der Waals surface area (Å²) in [6.07, 6.45) is 5.40. The Kier molecular flexibility index (Phi) is 7.07. The van der Waals surface area contributed by atoms with Crippen LogP contribution in [0.4, 0.5) is 0 Å². The van der Waals surface area contributed by atoms with Crippen molar-refractivity contribution in [2.24, 2.45) is 0 Å². The van der Waals surface area contributed by atoms with Crippen molar-refractivity contribution in [3.05, 3.63) is 11.8 Å². The highest BCUT2D eigenvalue weighted by Crippen LogP contribution is 2.02. The second-order valence-electron chi connectivity index (χ2n) is 2.84. The summed E-state index contributed by atoms with van der Waals surface area (Å²) < 4.78 is 5.11. The zero-order chi connectivity index (χ0) is 10.1. The minimum Gasteiger partial charge on any atom is -0.487 e. The maximum Gasteiger partial charge on any atom is 0.370 e. The van der Waals surface area contributed by atoms with Crippen LogP contribution in [0.5, 0.6) is 0 Å². The Bertz CT molecular complexity index is 173. The third-order valence-corrected chi connectivity index (χ3v) is 1.61. The molecule has 0 aromatic heterocycles. The van der Waals surface area contributed by atoms with Gasteiger partial charge in [0.1, 0.15) is 0 Å². The fourth-order valence-corrected chi connectivity index (χ4v) is 0.928. The first-order chi connectivity index (χ1) is 6.22. The van der Waals surface area contributed by atoms with Gasteiger partial charge in [-0.15, -0.1) is 0 Å². The molecule has 0 aliphatic heterocycles. The quantitative estimate of drug-likeness (QED) is 0.377. The van der Waals surface area contributed by atoms with Crippen molar-refractivity contribution < 1.29 is 14.6 Å². The lowest BCUT2D eigenvalue weighted by Gasteiger charge is -2.05. The number of hydrogen-bond acceptors (Lipinski definition) is 2. The van der Waals surface area contributed by atoms with Gasteiger partial charge in [0, 0.05) is 0 Å². The molecule has 0 amide bonds. The van der Waals surface area contributed by atoms with Crippen molar-refractivity contribution >= 4 is 5.97 Å². The van der Waals surface area contributed by atoms with Gasteiger partial charge in [0.15, 0.2) is 5.76 Å². The van der Waals surface area contributed by atoms with Gasteiger partial charge >= 0.3 is 5.97 Å². The summed E-state index contributed by atoms with van der Waals surface area (Å²) in [5.74, 6) is -0.892. The number of rotatable bonds is 7. The highest BCUT2D eigenvalue weighted by atomic mass is 16.5. The van der Waals surface area contributed by atoms with E-state index in [4.69, 9.17) is 9.84 Å². The molecule has 0 aliphatic carbocycles. The minimum atomic E-state index is -0.974. The first-order valence-corrected chi connectivity index (χ1v) is 4.78. The Morgan fingerprint density at radius 3 is 2.54 bits per heavy atom. The summed E-state index contributed by atoms with van der Waals surface area (Å²) in [6.45, 7) is 4.49. The van der Waals surface area contributed by atoms with E-state index in [9.17, 15) is 4.79 Å². The second kappa shape index (κ2) is 7.65. The van der Waals surface area contributed by atoms with Gasteiger partial charge < -0.3 is 9.84 Å². The summed E-state index contributed by atoms with van der Waals surface area (Å²) in [4.78, 5) is 10.6. The molecule has 0 radical (unpaired) electrons. The highest BCUT2D eigenvalue weighted by Gasteiger charge is 2.06. The number of ether oxygens (including phenoxy) is 1. The Morgan fingerprint density at radius 1 is 1.38 bits per heavy atom. The van der Waals surface area contributed by atoms with E-state index in [-0.39, 0.29) is 5.76 Å². The second-order valence-corrected chi connectivity index (χ2v) is 2.84. The number of allylic oxidation sites excluding steroid dienone is 1. The normalized spacial score (nSPS) is 11.4. The van der Waals surface area contributed by atoms with Crippen LogP contribution in [0.1, 0.15) is 39.5 Å². The molecular weight excluding hydrogens is 168 g/mol. The van der Waals surface area contributed by atoms with Crippen LogP contribution in [0.3, 0.4) is 0 Å². The van der Waals surface area contributed by atoms with Gasteiger partial charge in [-0.2, -0.15) is 0 Å². The molecule has 3 heteroatoms. The molecule has 76 valence electrons. The predicted octanol–water partition coefficient (Wildman–Crippen LogP) is 2.57. The third-order valence-electron chi connectivity index (χ3n) is 1.61. The zero-order valence-corrected chi connectivity index (χ0v) is 8.38. The van der Waals surface area contributed by atoms with Crippen LogP contribution >= 0.6 is 0 Å². The smallest absolute Gasteiger partial charge is 0.370 e. The number of aliphatic carboxylic acids is 1. The topological polar surface area (TPSA) is 46.5 Å². The molecular formula is C10H18O3. The van der Waals surface area contributed by atoms with Crippen LogP contribution in [-0.4, -0.2) is 17.7 Å². The van der Waals surface area contributed by atoms with Gasteiger partial charge in [0.05, 0.1) is 6.61 Å².